The highest BCUT2D eigenvalue weighted by Gasteiger charge is 2.26. The van der Waals surface area contributed by atoms with Crippen LogP contribution < -0.4 is 10.6 Å². The first-order valence-corrected chi connectivity index (χ1v) is 9.09. The maximum Gasteiger partial charge on any atom is 0.191 e. The highest BCUT2D eigenvalue weighted by atomic mass is 127. The topological polar surface area (TPSA) is 100.0 Å². The Balaban J connectivity index is 0.00000280. The lowest BCUT2D eigenvalue weighted by atomic mass is 10.0. The number of nitrogens with zero attached hydrogens (tertiary/aromatic N) is 4. The molecule has 3 heterocycles. The van der Waals surface area contributed by atoms with Crippen LogP contribution >= 0.6 is 24.0 Å². The Morgan fingerprint density at radius 2 is 2.07 bits per heavy atom. The molecule has 0 amide bonds. The van der Waals surface area contributed by atoms with E-state index in [9.17, 15) is 5.11 Å². The third-order valence-electron chi connectivity index (χ3n) is 4.19. The molecule has 0 aliphatic rings. The van der Waals surface area contributed by atoms with Crippen LogP contribution in [0.3, 0.4) is 0 Å². The van der Waals surface area contributed by atoms with Crippen molar-refractivity contribution in [2.24, 2.45) is 4.99 Å². The number of furan rings is 1. The number of aromatic nitrogens is 3. The van der Waals surface area contributed by atoms with Crippen molar-refractivity contribution in [2.75, 3.05) is 19.6 Å². The first-order chi connectivity index (χ1) is 13.0. The Morgan fingerprint density at radius 3 is 2.79 bits per heavy atom. The molecule has 152 valence electrons. The first-order valence-electron chi connectivity index (χ1n) is 9.09. The number of halogens is 1. The van der Waals surface area contributed by atoms with E-state index in [4.69, 9.17) is 4.42 Å². The Morgan fingerprint density at radius 1 is 1.25 bits per heavy atom. The molecule has 0 spiro atoms. The van der Waals surface area contributed by atoms with E-state index in [1.807, 2.05) is 48.7 Å². The Hall–Kier alpha value is -2.14. The second-order valence-electron chi connectivity index (χ2n) is 6.60. The molecule has 0 saturated carbocycles. The van der Waals surface area contributed by atoms with Crippen molar-refractivity contribution in [1.82, 2.24) is 25.2 Å². The second kappa shape index (κ2) is 9.87. The summed E-state index contributed by atoms with van der Waals surface area (Å²) in [6.07, 6.45) is 2.65. The molecule has 0 bridgehead atoms. The van der Waals surface area contributed by atoms with Gasteiger partial charge in [0.25, 0.3) is 0 Å². The van der Waals surface area contributed by atoms with E-state index >= 15 is 0 Å². The van der Waals surface area contributed by atoms with Gasteiger partial charge in [0.2, 0.25) is 0 Å². The molecular weight excluding hydrogens is 471 g/mol. The number of pyridine rings is 1. The summed E-state index contributed by atoms with van der Waals surface area (Å²) in [5.74, 6) is 2.79. The van der Waals surface area contributed by atoms with Gasteiger partial charge in [-0.3, -0.25) is 4.40 Å². The van der Waals surface area contributed by atoms with Gasteiger partial charge >= 0.3 is 0 Å². The number of aryl methyl sites for hydroxylation is 1. The zero-order valence-electron chi connectivity index (χ0n) is 16.3. The van der Waals surface area contributed by atoms with E-state index in [-0.39, 0.29) is 30.5 Å². The highest BCUT2D eigenvalue weighted by molar-refractivity contribution is 14.0. The van der Waals surface area contributed by atoms with Crippen LogP contribution in [0.1, 0.15) is 31.2 Å². The van der Waals surface area contributed by atoms with Gasteiger partial charge < -0.3 is 20.2 Å². The molecule has 0 fully saturated rings. The summed E-state index contributed by atoms with van der Waals surface area (Å²) in [4.78, 5) is 4.49. The molecule has 1 unspecified atom stereocenters. The third-order valence-corrected chi connectivity index (χ3v) is 4.19. The van der Waals surface area contributed by atoms with Crippen LogP contribution in [0.4, 0.5) is 0 Å². The Bertz CT molecular complexity index is 918. The zero-order chi connectivity index (χ0) is 19.3. The quantitative estimate of drug-likeness (QED) is 0.263. The number of hydrogen-bond donors (Lipinski definition) is 3. The number of nitrogens with one attached hydrogen (secondary N) is 2. The molecule has 0 aromatic carbocycles. The van der Waals surface area contributed by atoms with Crippen molar-refractivity contribution in [3.63, 3.8) is 0 Å². The minimum Gasteiger partial charge on any atom is -0.463 e. The lowest BCUT2D eigenvalue weighted by molar-refractivity contribution is 0.0428. The lowest BCUT2D eigenvalue weighted by Gasteiger charge is -2.19. The number of rotatable bonds is 7. The minimum atomic E-state index is -1.17. The van der Waals surface area contributed by atoms with E-state index in [2.05, 4.69) is 25.8 Å². The molecule has 0 aliphatic carbocycles. The van der Waals surface area contributed by atoms with Crippen LogP contribution in [0, 0.1) is 6.92 Å². The minimum absolute atomic E-state index is 0. The van der Waals surface area contributed by atoms with E-state index in [1.54, 1.807) is 13.0 Å². The monoisotopic (exact) mass is 498 g/mol. The fourth-order valence-electron chi connectivity index (χ4n) is 2.73. The molecular formula is C19H27IN6O2. The van der Waals surface area contributed by atoms with E-state index in [0.29, 0.717) is 24.7 Å². The fourth-order valence-corrected chi connectivity index (χ4v) is 2.73. The van der Waals surface area contributed by atoms with E-state index < -0.39 is 5.60 Å². The zero-order valence-corrected chi connectivity index (χ0v) is 18.7. The van der Waals surface area contributed by atoms with Gasteiger partial charge in [-0.1, -0.05) is 6.07 Å². The van der Waals surface area contributed by atoms with Crippen molar-refractivity contribution in [3.8, 4) is 0 Å². The fraction of sp³-hybridized carbons (Fsp3) is 0.421. The first kappa shape index (κ1) is 22.2. The molecule has 1 atom stereocenters. The third kappa shape index (κ3) is 5.44. The van der Waals surface area contributed by atoms with Gasteiger partial charge in [-0.05, 0) is 45.0 Å². The maximum absolute atomic E-state index is 10.6. The average molecular weight is 498 g/mol. The Labute approximate surface area is 181 Å². The number of guanidine groups is 1. The van der Waals surface area contributed by atoms with Gasteiger partial charge in [-0.15, -0.1) is 34.2 Å². The van der Waals surface area contributed by atoms with Crippen LogP contribution in [0.2, 0.25) is 0 Å². The van der Waals surface area contributed by atoms with Gasteiger partial charge in [0, 0.05) is 25.7 Å². The molecule has 0 aliphatic heterocycles. The van der Waals surface area contributed by atoms with Crippen molar-refractivity contribution in [2.45, 2.75) is 32.8 Å². The van der Waals surface area contributed by atoms with Crippen molar-refractivity contribution in [3.05, 3.63) is 53.9 Å². The van der Waals surface area contributed by atoms with Crippen molar-refractivity contribution >= 4 is 35.6 Å². The number of aliphatic imine (C=N–C) groups is 1. The molecule has 9 heteroatoms. The Kier molecular flexibility index (Phi) is 7.81. The maximum atomic E-state index is 10.6. The smallest absolute Gasteiger partial charge is 0.191 e. The largest absolute Gasteiger partial charge is 0.463 e. The summed E-state index contributed by atoms with van der Waals surface area (Å²) in [6.45, 7) is 7.09. The predicted molar refractivity (Wildman–Crippen MR) is 119 cm³/mol. The van der Waals surface area contributed by atoms with Gasteiger partial charge in [0.15, 0.2) is 11.6 Å². The number of hydrogen-bond acceptors (Lipinski definition) is 5. The lowest BCUT2D eigenvalue weighted by Crippen LogP contribution is -2.39. The summed E-state index contributed by atoms with van der Waals surface area (Å²) in [5.41, 5.74) is -0.335. The van der Waals surface area contributed by atoms with E-state index in [0.717, 1.165) is 23.8 Å². The van der Waals surface area contributed by atoms with Crippen LogP contribution in [0.25, 0.3) is 5.65 Å². The SMILES string of the molecule is CCNC(=NCC(C)(O)c1ccc(C)o1)NCCc1nnc2ccccn12.I. The summed E-state index contributed by atoms with van der Waals surface area (Å²) in [7, 11) is 0. The highest BCUT2D eigenvalue weighted by Crippen LogP contribution is 2.23. The summed E-state index contributed by atoms with van der Waals surface area (Å²) in [5, 5.41) is 25.5. The molecule has 3 aromatic rings. The summed E-state index contributed by atoms with van der Waals surface area (Å²) < 4.78 is 7.50. The van der Waals surface area contributed by atoms with E-state index in [1.165, 1.54) is 0 Å². The van der Waals surface area contributed by atoms with Crippen LogP contribution in [0.5, 0.6) is 0 Å². The average Bonchev–Trinajstić information content (AvgIpc) is 3.27. The molecule has 0 radical (unpaired) electrons. The number of fused-ring (bicyclic) bond motifs is 1. The molecule has 8 nitrogen and oxygen atoms in total. The van der Waals surface area contributed by atoms with Crippen molar-refractivity contribution in [1.29, 1.82) is 0 Å². The molecule has 3 rings (SSSR count). The van der Waals surface area contributed by atoms with Gasteiger partial charge in [0.1, 0.15) is 22.9 Å². The van der Waals surface area contributed by atoms with Crippen LogP contribution in [0.15, 0.2) is 45.9 Å². The van der Waals surface area contributed by atoms with Gasteiger partial charge in [0.05, 0.1) is 6.54 Å². The number of aliphatic hydroxyl groups is 1. The molecule has 28 heavy (non-hydrogen) atoms. The van der Waals surface area contributed by atoms with Crippen LogP contribution in [-0.2, 0) is 12.0 Å². The summed E-state index contributed by atoms with van der Waals surface area (Å²) >= 11 is 0. The molecule has 3 N–H and O–H groups in total. The second-order valence-corrected chi connectivity index (χ2v) is 6.60. The van der Waals surface area contributed by atoms with Crippen LogP contribution in [-0.4, -0.2) is 45.3 Å². The predicted octanol–water partition coefficient (Wildman–Crippen LogP) is 2.25. The summed E-state index contributed by atoms with van der Waals surface area (Å²) in [6, 6.07) is 9.43. The van der Waals surface area contributed by atoms with Gasteiger partial charge in [-0.25, -0.2) is 4.99 Å². The standard InChI is InChI=1S/C19H26N6O2.HI/c1-4-20-18(22-13-19(3,26)15-9-8-14(2)27-15)21-11-10-17-24-23-16-7-5-6-12-25(16)17;/h5-9,12,26H,4,10-11,13H2,1-3H3,(H2,20,21,22);1H. The molecule has 0 saturated heterocycles. The van der Waals surface area contributed by atoms with Crippen molar-refractivity contribution < 1.29 is 9.52 Å². The van der Waals surface area contributed by atoms with Gasteiger partial charge in [-0.2, -0.15) is 0 Å². The normalized spacial score (nSPS) is 13.8. The molecule has 3 aromatic heterocycles.